The zero-order valence-electron chi connectivity index (χ0n) is 14.5. The minimum Gasteiger partial charge on any atom is -0.503 e. The largest absolute Gasteiger partial charge is 0.503 e. The Morgan fingerprint density at radius 1 is 1.23 bits per heavy atom. The van der Waals surface area contributed by atoms with Gasteiger partial charge in [0.2, 0.25) is 0 Å². The highest BCUT2D eigenvalue weighted by Crippen LogP contribution is 2.34. The Kier molecular flexibility index (Phi) is 6.85. The number of carbonyl (C=O) groups is 1. The Morgan fingerprint density at radius 3 is 2.65 bits per heavy atom. The zero-order chi connectivity index (χ0) is 19.1. The number of benzene rings is 2. The van der Waals surface area contributed by atoms with Gasteiger partial charge < -0.3 is 19.3 Å². The van der Waals surface area contributed by atoms with E-state index in [4.69, 9.17) is 14.2 Å². The quantitative estimate of drug-likeness (QED) is 0.528. The van der Waals surface area contributed by atoms with Gasteiger partial charge in [-0.2, -0.15) is 5.10 Å². The maximum absolute atomic E-state index is 12.1. The normalized spacial score (nSPS) is 11.8. The summed E-state index contributed by atoms with van der Waals surface area (Å²) >= 11 is 3.22. The molecule has 0 bridgehead atoms. The summed E-state index contributed by atoms with van der Waals surface area (Å²) in [5, 5.41) is 13.7. The highest BCUT2D eigenvalue weighted by molar-refractivity contribution is 9.10. The fourth-order valence-corrected chi connectivity index (χ4v) is 2.48. The number of amides is 1. The van der Waals surface area contributed by atoms with Crippen LogP contribution >= 0.6 is 15.9 Å². The number of carbonyl (C=O) groups excluding carboxylic acids is 1. The van der Waals surface area contributed by atoms with E-state index in [1.54, 1.807) is 50.4 Å². The van der Waals surface area contributed by atoms with Crippen LogP contribution in [0.25, 0.3) is 0 Å². The summed E-state index contributed by atoms with van der Waals surface area (Å²) in [5.74, 6) is 1.04. The number of phenols is 1. The predicted molar refractivity (Wildman–Crippen MR) is 101 cm³/mol. The lowest BCUT2D eigenvalue weighted by Gasteiger charge is -2.13. The van der Waals surface area contributed by atoms with Crippen molar-refractivity contribution in [1.29, 1.82) is 0 Å². The van der Waals surface area contributed by atoms with Gasteiger partial charge in [-0.15, -0.1) is 0 Å². The van der Waals surface area contributed by atoms with Gasteiger partial charge in [-0.05, 0) is 52.7 Å². The van der Waals surface area contributed by atoms with Crippen molar-refractivity contribution in [3.05, 3.63) is 46.4 Å². The summed E-state index contributed by atoms with van der Waals surface area (Å²) in [6, 6.07) is 10.2. The van der Waals surface area contributed by atoms with Crippen molar-refractivity contribution in [3.63, 3.8) is 0 Å². The van der Waals surface area contributed by atoms with Crippen molar-refractivity contribution in [2.24, 2.45) is 5.10 Å². The van der Waals surface area contributed by atoms with Gasteiger partial charge in [0, 0.05) is 6.07 Å². The number of nitrogens with zero attached hydrogens (tertiary/aromatic N) is 1. The highest BCUT2D eigenvalue weighted by Gasteiger charge is 2.14. The zero-order valence-corrected chi connectivity index (χ0v) is 16.1. The Balaban J connectivity index is 1.97. The minimum absolute atomic E-state index is 0.00556. The van der Waals surface area contributed by atoms with Gasteiger partial charge in [0.25, 0.3) is 5.91 Å². The molecule has 0 heterocycles. The van der Waals surface area contributed by atoms with Crippen LogP contribution in [0.15, 0.2) is 46.0 Å². The standard InChI is InChI=1S/C18H19BrN2O5/c1-11(26-14-6-4-5-13(9-14)24-2)18(23)21-20-10-12-7-15(19)17(22)16(8-12)25-3/h4-11,22H,1-3H3,(H,21,23)/b20-10+. The number of hydrogen-bond donors (Lipinski definition) is 2. The minimum atomic E-state index is -0.750. The second-order valence-electron chi connectivity index (χ2n) is 5.23. The number of ether oxygens (including phenoxy) is 3. The fraction of sp³-hybridized carbons (Fsp3) is 0.222. The van der Waals surface area contributed by atoms with Gasteiger partial charge in [-0.25, -0.2) is 5.43 Å². The van der Waals surface area contributed by atoms with E-state index in [-0.39, 0.29) is 5.75 Å². The maximum atomic E-state index is 12.1. The molecular formula is C18H19BrN2O5. The second-order valence-corrected chi connectivity index (χ2v) is 6.08. The van der Waals surface area contributed by atoms with Crippen LogP contribution in [0.2, 0.25) is 0 Å². The van der Waals surface area contributed by atoms with Crippen LogP contribution in [0.3, 0.4) is 0 Å². The lowest BCUT2D eigenvalue weighted by Crippen LogP contribution is -2.33. The number of nitrogens with one attached hydrogen (secondary N) is 1. The van der Waals surface area contributed by atoms with Crippen LogP contribution in [0, 0.1) is 0 Å². The average molecular weight is 423 g/mol. The molecule has 0 aliphatic heterocycles. The molecule has 0 aliphatic carbocycles. The van der Waals surface area contributed by atoms with Crippen molar-refractivity contribution in [2.75, 3.05) is 14.2 Å². The average Bonchev–Trinajstić information content (AvgIpc) is 2.64. The molecule has 2 aromatic carbocycles. The van der Waals surface area contributed by atoms with Crippen LogP contribution in [0.4, 0.5) is 0 Å². The third kappa shape index (κ3) is 5.13. The third-order valence-corrected chi connectivity index (χ3v) is 3.99. The molecule has 2 rings (SSSR count). The Morgan fingerprint density at radius 2 is 1.96 bits per heavy atom. The number of rotatable bonds is 7. The maximum Gasteiger partial charge on any atom is 0.280 e. The van der Waals surface area contributed by atoms with E-state index in [0.29, 0.717) is 27.3 Å². The lowest BCUT2D eigenvalue weighted by atomic mass is 10.2. The predicted octanol–water partition coefficient (Wildman–Crippen LogP) is 3.09. The Bertz CT molecular complexity index is 810. The summed E-state index contributed by atoms with van der Waals surface area (Å²) in [4.78, 5) is 12.1. The smallest absolute Gasteiger partial charge is 0.280 e. The first-order valence-corrected chi connectivity index (χ1v) is 8.44. The molecule has 26 heavy (non-hydrogen) atoms. The van der Waals surface area contributed by atoms with E-state index < -0.39 is 12.0 Å². The summed E-state index contributed by atoms with van der Waals surface area (Å²) in [5.41, 5.74) is 3.04. The van der Waals surface area contributed by atoms with Crippen LogP contribution < -0.4 is 19.6 Å². The van der Waals surface area contributed by atoms with E-state index in [2.05, 4.69) is 26.5 Å². The first-order chi connectivity index (χ1) is 12.4. The van der Waals surface area contributed by atoms with E-state index in [1.807, 2.05) is 0 Å². The third-order valence-electron chi connectivity index (χ3n) is 3.38. The SMILES string of the molecule is COc1cccc(OC(C)C(=O)N/N=C/c2cc(Br)c(O)c(OC)c2)c1. The second kappa shape index (κ2) is 9.10. The van der Waals surface area contributed by atoms with Crippen molar-refractivity contribution >= 4 is 28.1 Å². The van der Waals surface area contributed by atoms with Gasteiger partial charge in [0.05, 0.1) is 24.9 Å². The summed E-state index contributed by atoms with van der Waals surface area (Å²) in [7, 11) is 3.00. The van der Waals surface area contributed by atoms with Gasteiger partial charge >= 0.3 is 0 Å². The van der Waals surface area contributed by atoms with Gasteiger partial charge in [0.15, 0.2) is 17.6 Å². The van der Waals surface area contributed by atoms with E-state index in [0.717, 1.165) is 0 Å². The molecule has 0 saturated carbocycles. The highest BCUT2D eigenvalue weighted by atomic mass is 79.9. The summed E-state index contributed by atoms with van der Waals surface area (Å²) in [6.07, 6.45) is 0.684. The lowest BCUT2D eigenvalue weighted by molar-refractivity contribution is -0.127. The molecular weight excluding hydrogens is 404 g/mol. The number of halogens is 1. The molecule has 8 heteroatoms. The number of phenolic OH excluding ortho intramolecular Hbond substituents is 1. The molecule has 0 fully saturated rings. The molecule has 7 nitrogen and oxygen atoms in total. The molecule has 0 aromatic heterocycles. The Labute approximate surface area is 159 Å². The van der Waals surface area contributed by atoms with E-state index in [1.165, 1.54) is 13.3 Å². The number of aromatic hydroxyl groups is 1. The topological polar surface area (TPSA) is 89.4 Å². The Hall–Kier alpha value is -2.74. The van der Waals surface area contributed by atoms with Crippen LogP contribution in [-0.4, -0.2) is 37.6 Å². The molecule has 1 unspecified atom stereocenters. The molecule has 138 valence electrons. The molecule has 2 aromatic rings. The summed E-state index contributed by atoms with van der Waals surface area (Å²) in [6.45, 7) is 1.62. The number of hydrazone groups is 1. The molecule has 0 radical (unpaired) electrons. The van der Waals surface area contributed by atoms with Gasteiger partial charge in [-0.1, -0.05) is 6.07 Å². The monoisotopic (exact) mass is 422 g/mol. The molecule has 1 atom stereocenters. The van der Waals surface area contributed by atoms with Crippen LogP contribution in [0.1, 0.15) is 12.5 Å². The molecule has 2 N–H and O–H groups in total. The molecule has 1 amide bonds. The van der Waals surface area contributed by atoms with Gasteiger partial charge in [0.1, 0.15) is 11.5 Å². The fourth-order valence-electron chi connectivity index (χ4n) is 2.02. The van der Waals surface area contributed by atoms with Gasteiger partial charge in [-0.3, -0.25) is 4.79 Å². The van der Waals surface area contributed by atoms with Crippen molar-refractivity contribution in [1.82, 2.24) is 5.43 Å². The van der Waals surface area contributed by atoms with E-state index >= 15 is 0 Å². The van der Waals surface area contributed by atoms with Crippen molar-refractivity contribution in [2.45, 2.75) is 13.0 Å². The van der Waals surface area contributed by atoms with E-state index in [9.17, 15) is 9.90 Å². The van der Waals surface area contributed by atoms with Crippen LogP contribution in [0.5, 0.6) is 23.0 Å². The first kappa shape index (κ1) is 19.6. The van der Waals surface area contributed by atoms with Crippen molar-refractivity contribution < 1.29 is 24.1 Å². The molecule has 0 spiro atoms. The van der Waals surface area contributed by atoms with Crippen molar-refractivity contribution in [3.8, 4) is 23.0 Å². The van der Waals surface area contributed by atoms with Crippen LogP contribution in [-0.2, 0) is 4.79 Å². The number of hydrogen-bond acceptors (Lipinski definition) is 6. The summed E-state index contributed by atoms with van der Waals surface area (Å²) < 4.78 is 16.2. The molecule has 0 saturated heterocycles. The first-order valence-electron chi connectivity index (χ1n) is 7.64. The number of methoxy groups -OCH3 is 2. The molecule has 0 aliphatic rings.